The molecular formula is C51H65F3N2O2. The lowest BCUT2D eigenvalue weighted by atomic mass is 9.43. The van der Waals surface area contributed by atoms with Crippen molar-refractivity contribution in [1.29, 1.82) is 0 Å². The van der Waals surface area contributed by atoms with E-state index in [1.807, 2.05) is 6.20 Å². The van der Waals surface area contributed by atoms with Crippen LogP contribution in [0.15, 0.2) is 49.1 Å². The predicted octanol–water partition coefficient (Wildman–Crippen LogP) is 12.9. The molecular weight excluding hydrogens is 730 g/mol. The van der Waals surface area contributed by atoms with Crippen LogP contribution >= 0.6 is 0 Å². The minimum atomic E-state index is -2.48. The van der Waals surface area contributed by atoms with Crippen molar-refractivity contribution in [3.63, 3.8) is 0 Å². The van der Waals surface area contributed by atoms with Crippen LogP contribution in [0.1, 0.15) is 155 Å². The van der Waals surface area contributed by atoms with E-state index in [0.29, 0.717) is 52.5 Å². The zero-order chi connectivity index (χ0) is 40.9. The number of aromatic nitrogens is 2. The van der Waals surface area contributed by atoms with Crippen molar-refractivity contribution in [2.45, 2.75) is 138 Å². The molecule has 4 nitrogen and oxygen atoms in total. The summed E-state index contributed by atoms with van der Waals surface area (Å²) >= 11 is 0. The number of alkyl halides is 2. The van der Waals surface area contributed by atoms with Crippen LogP contribution in [0.25, 0.3) is 11.1 Å². The third-order valence-corrected chi connectivity index (χ3v) is 19.4. The molecule has 0 aromatic carbocycles. The molecule has 2 aromatic heterocycles. The van der Waals surface area contributed by atoms with E-state index in [0.717, 1.165) is 74.3 Å². The van der Waals surface area contributed by atoms with Crippen LogP contribution < -0.4 is 0 Å². The lowest BCUT2D eigenvalue weighted by Gasteiger charge is -2.61. The third-order valence-electron chi connectivity index (χ3n) is 19.4. The summed E-state index contributed by atoms with van der Waals surface area (Å²) in [6.45, 7) is 14.1. The Hall–Kier alpha value is -3.09. The number of nitrogens with zero attached hydrogens (tertiary/aromatic N) is 2. The summed E-state index contributed by atoms with van der Waals surface area (Å²) in [6, 6.07) is 3.31. The maximum absolute atomic E-state index is 13.8. The first-order valence-corrected chi connectivity index (χ1v) is 22.9. The normalized spacial score (nSPS) is 44.0. The number of halogens is 3. The molecule has 2 aromatic rings. The Labute approximate surface area is 344 Å². The zero-order valence-corrected chi connectivity index (χ0v) is 35.7. The standard InChI is InChI=1S/C26H33F2NO.C25H32FNO/c1-15-19-5-4-18-21-7-6-20(16-12-17(24(27)28)14-29-13-16)26(21,3)10-8-22(18)25(19,2)11-9-23(15)30;1-15-19-5-4-18-21-7-6-20(16-12-17(26)14-27-13-16)25(21,3)10-8-22(18)24(19,2)11-9-23(15)28/h6,12-15,18-19,21-22,24H,4-5,7-11H2,1-3H3;6,12-15,18-19,21-22H,4-5,7-11H2,1-3H3/t15?,18-,19?,21-,22-,25-,26+;15?,18-,19?,21-,22-,24-,25+/m00/s1. The quantitative estimate of drug-likeness (QED) is 0.310. The van der Waals surface area contributed by atoms with Crippen molar-refractivity contribution in [3.05, 3.63) is 71.6 Å². The summed E-state index contributed by atoms with van der Waals surface area (Å²) in [5, 5.41) is 0. The van der Waals surface area contributed by atoms with Gasteiger partial charge in [-0.3, -0.25) is 19.6 Å². The SMILES string of the molecule is CC1C(=O)CC[C@@]2(C)C1CC[C@@H]1[C@@H]2CC[C@]2(C)C(c3cncc(C(F)F)c3)=CC[C@@H]12.CC1C(=O)CC[C@@]2(C)C1CC[C@@H]1[C@@H]2CC[C@]2(C)C(c3cncc(F)c3)=CC[C@@H]12. The molecule has 0 saturated heterocycles. The molecule has 0 amide bonds. The number of hydrogen-bond acceptors (Lipinski definition) is 4. The minimum absolute atomic E-state index is 0.0167. The van der Waals surface area contributed by atoms with E-state index in [9.17, 15) is 22.8 Å². The fourth-order valence-electron chi connectivity index (χ4n) is 16.4. The molecule has 2 heterocycles. The number of Topliss-reactive ketones (excluding diaryl/α,β-unsaturated/α-hetero) is 2. The van der Waals surface area contributed by atoms with Gasteiger partial charge in [0.15, 0.2) is 0 Å². The second-order valence-electron chi connectivity index (χ2n) is 21.5. The Balaban J connectivity index is 0.000000151. The Kier molecular flexibility index (Phi) is 10.1. The first kappa shape index (κ1) is 40.3. The molecule has 0 radical (unpaired) electrons. The van der Waals surface area contributed by atoms with Crippen LogP contribution in [0.4, 0.5) is 13.2 Å². The van der Waals surface area contributed by atoms with Crippen LogP contribution in [-0.4, -0.2) is 21.5 Å². The molecule has 8 aliphatic carbocycles. The van der Waals surface area contributed by atoms with Gasteiger partial charge in [-0.25, -0.2) is 13.2 Å². The van der Waals surface area contributed by atoms with E-state index < -0.39 is 6.43 Å². The van der Waals surface area contributed by atoms with E-state index in [2.05, 4.69) is 63.7 Å². The smallest absolute Gasteiger partial charge is 0.265 e. The average molecular weight is 795 g/mol. The van der Waals surface area contributed by atoms with Crippen LogP contribution in [0.5, 0.6) is 0 Å². The molecule has 7 heteroatoms. The molecule has 10 rings (SSSR count). The van der Waals surface area contributed by atoms with Gasteiger partial charge in [0, 0.05) is 48.8 Å². The monoisotopic (exact) mass is 794 g/mol. The third kappa shape index (κ3) is 6.10. The number of pyridine rings is 2. The lowest BCUT2D eigenvalue weighted by Crippen LogP contribution is -2.55. The highest BCUT2D eigenvalue weighted by Crippen LogP contribution is 2.69. The average Bonchev–Trinajstić information content (AvgIpc) is 3.75. The topological polar surface area (TPSA) is 59.9 Å². The number of allylic oxidation sites excluding steroid dienone is 4. The van der Waals surface area contributed by atoms with Crippen molar-refractivity contribution in [2.75, 3.05) is 0 Å². The molecule has 8 aliphatic rings. The largest absolute Gasteiger partial charge is 0.299 e. The molecule has 0 N–H and O–H groups in total. The molecule has 4 unspecified atom stereocenters. The van der Waals surface area contributed by atoms with Crippen molar-refractivity contribution >= 4 is 22.7 Å². The molecule has 6 saturated carbocycles. The van der Waals surface area contributed by atoms with Gasteiger partial charge in [0.05, 0.1) is 6.20 Å². The van der Waals surface area contributed by atoms with Gasteiger partial charge in [-0.05, 0) is 180 Å². The van der Waals surface area contributed by atoms with E-state index in [1.54, 1.807) is 18.3 Å². The number of fused-ring (bicyclic) bond motifs is 10. The molecule has 0 spiro atoms. The highest BCUT2D eigenvalue weighted by Gasteiger charge is 2.61. The van der Waals surface area contributed by atoms with Crippen molar-refractivity contribution in [3.8, 4) is 0 Å². The summed E-state index contributed by atoms with van der Waals surface area (Å²) in [5.74, 6) is 6.31. The summed E-state index contributed by atoms with van der Waals surface area (Å²) < 4.78 is 40.3. The van der Waals surface area contributed by atoms with E-state index in [4.69, 9.17) is 0 Å². The number of hydrogen-bond donors (Lipinski definition) is 0. The van der Waals surface area contributed by atoms with Crippen LogP contribution in [0.2, 0.25) is 0 Å². The molecule has 312 valence electrons. The van der Waals surface area contributed by atoms with E-state index >= 15 is 0 Å². The minimum Gasteiger partial charge on any atom is -0.299 e. The van der Waals surface area contributed by atoms with Gasteiger partial charge >= 0.3 is 0 Å². The number of rotatable bonds is 3. The van der Waals surface area contributed by atoms with Crippen LogP contribution in [0.3, 0.4) is 0 Å². The molecule has 0 bridgehead atoms. The number of carbonyl (C=O) groups excluding carboxylic acids is 2. The Morgan fingerprint density at radius 3 is 1.52 bits per heavy atom. The summed E-state index contributed by atoms with van der Waals surface area (Å²) in [5.41, 5.74) is 5.20. The van der Waals surface area contributed by atoms with E-state index in [-0.39, 0.29) is 39.5 Å². The van der Waals surface area contributed by atoms with Crippen LogP contribution in [0, 0.1) is 86.7 Å². The van der Waals surface area contributed by atoms with Gasteiger partial charge < -0.3 is 0 Å². The predicted molar refractivity (Wildman–Crippen MR) is 223 cm³/mol. The molecule has 6 fully saturated rings. The Bertz CT molecular complexity index is 2030. The van der Waals surface area contributed by atoms with Gasteiger partial charge in [-0.2, -0.15) is 0 Å². The van der Waals surface area contributed by atoms with Crippen LogP contribution in [-0.2, 0) is 9.59 Å². The van der Waals surface area contributed by atoms with Gasteiger partial charge in [0.25, 0.3) is 6.43 Å². The lowest BCUT2D eigenvalue weighted by molar-refractivity contribution is -0.146. The van der Waals surface area contributed by atoms with Crippen molar-refractivity contribution < 1.29 is 22.8 Å². The van der Waals surface area contributed by atoms with Gasteiger partial charge in [0.2, 0.25) is 0 Å². The first-order chi connectivity index (χ1) is 27.6. The summed E-state index contributed by atoms with van der Waals surface area (Å²) in [6.07, 6.45) is 23.7. The van der Waals surface area contributed by atoms with Gasteiger partial charge in [0.1, 0.15) is 17.4 Å². The zero-order valence-electron chi connectivity index (χ0n) is 35.7. The van der Waals surface area contributed by atoms with Gasteiger partial charge in [-0.1, -0.05) is 53.7 Å². The summed E-state index contributed by atoms with van der Waals surface area (Å²) in [7, 11) is 0. The second kappa shape index (κ2) is 14.5. The fraction of sp³-hybridized carbons (Fsp3) is 0.686. The fourth-order valence-corrected chi connectivity index (χ4v) is 16.4. The summed E-state index contributed by atoms with van der Waals surface area (Å²) in [4.78, 5) is 33.0. The second-order valence-corrected chi connectivity index (χ2v) is 21.5. The number of ketones is 2. The Morgan fingerprint density at radius 1 is 0.586 bits per heavy atom. The first-order valence-electron chi connectivity index (χ1n) is 22.9. The number of carbonyl (C=O) groups is 2. The van der Waals surface area contributed by atoms with Crippen molar-refractivity contribution in [1.82, 2.24) is 9.97 Å². The molecule has 0 aliphatic heterocycles. The van der Waals surface area contributed by atoms with Gasteiger partial charge in [-0.15, -0.1) is 0 Å². The maximum atomic E-state index is 13.8. The van der Waals surface area contributed by atoms with E-state index in [1.165, 1.54) is 62.1 Å². The molecule has 58 heavy (non-hydrogen) atoms. The highest BCUT2D eigenvalue weighted by atomic mass is 19.3. The highest BCUT2D eigenvalue weighted by molar-refractivity contribution is 5.82. The molecule has 14 atom stereocenters. The Morgan fingerprint density at radius 2 is 1.05 bits per heavy atom. The maximum Gasteiger partial charge on any atom is 0.265 e. The van der Waals surface area contributed by atoms with Crippen molar-refractivity contribution in [2.24, 2.45) is 80.8 Å².